The number of halogens is 1. The quantitative estimate of drug-likeness (QED) is 0.635. The molecule has 0 aliphatic heterocycles. The summed E-state index contributed by atoms with van der Waals surface area (Å²) in [6, 6.07) is 4.89. The number of hydrogen-bond acceptors (Lipinski definition) is 6. The average molecular weight is 308 g/mol. The van der Waals surface area contributed by atoms with Gasteiger partial charge in [0.2, 0.25) is 5.13 Å². The predicted molar refractivity (Wildman–Crippen MR) is 84.1 cm³/mol. The zero-order valence-electron chi connectivity index (χ0n) is 11.8. The van der Waals surface area contributed by atoms with Crippen LogP contribution in [0.25, 0.3) is 0 Å². The first-order valence-corrected chi connectivity index (χ1v) is 7.32. The summed E-state index contributed by atoms with van der Waals surface area (Å²) < 4.78 is 19.3. The third kappa shape index (κ3) is 4.80. The summed E-state index contributed by atoms with van der Waals surface area (Å²) in [5, 5.41) is 6.29. The van der Waals surface area contributed by atoms with Crippen LogP contribution >= 0.6 is 11.3 Å². The van der Waals surface area contributed by atoms with Crippen LogP contribution < -0.4 is 11.2 Å². The molecule has 0 amide bonds. The van der Waals surface area contributed by atoms with E-state index in [4.69, 9.17) is 10.5 Å². The second-order valence-corrected chi connectivity index (χ2v) is 5.52. The summed E-state index contributed by atoms with van der Waals surface area (Å²) in [6.07, 6.45) is 1.59. The Labute approximate surface area is 126 Å². The molecule has 0 saturated carbocycles. The highest BCUT2D eigenvalue weighted by atomic mass is 32.1. The maximum atomic E-state index is 13.9. The average Bonchev–Trinajstić information content (AvgIpc) is 2.83. The third-order valence-corrected chi connectivity index (χ3v) is 3.31. The molecule has 1 heterocycles. The molecule has 2 aromatic rings. The molecular formula is C14H17FN4OS. The van der Waals surface area contributed by atoms with Crippen molar-refractivity contribution in [2.24, 2.45) is 5.10 Å². The van der Waals surface area contributed by atoms with Crippen molar-refractivity contribution in [1.29, 1.82) is 0 Å². The number of benzene rings is 1. The third-order valence-electron chi connectivity index (χ3n) is 2.55. The van der Waals surface area contributed by atoms with Gasteiger partial charge in [-0.1, -0.05) is 12.1 Å². The number of ether oxygens (including phenoxy) is 1. The minimum Gasteiger partial charge on any atom is -0.383 e. The molecule has 3 N–H and O–H groups in total. The van der Waals surface area contributed by atoms with Gasteiger partial charge in [-0.2, -0.15) is 5.10 Å². The highest BCUT2D eigenvalue weighted by Crippen LogP contribution is 2.16. The topological polar surface area (TPSA) is 72.5 Å². The van der Waals surface area contributed by atoms with E-state index in [9.17, 15) is 4.39 Å². The lowest BCUT2D eigenvalue weighted by molar-refractivity contribution is 0.0639. The van der Waals surface area contributed by atoms with Gasteiger partial charge in [0.05, 0.1) is 18.9 Å². The molecule has 0 atom stereocenters. The smallest absolute Gasteiger partial charge is 0.205 e. The molecule has 0 saturated heterocycles. The van der Waals surface area contributed by atoms with E-state index in [2.05, 4.69) is 15.5 Å². The van der Waals surface area contributed by atoms with Gasteiger partial charge in [-0.3, -0.25) is 5.43 Å². The lowest BCUT2D eigenvalue weighted by Crippen LogP contribution is -2.04. The van der Waals surface area contributed by atoms with Crippen molar-refractivity contribution in [3.63, 3.8) is 0 Å². The highest BCUT2D eigenvalue weighted by molar-refractivity contribution is 7.14. The van der Waals surface area contributed by atoms with E-state index in [1.807, 2.05) is 13.8 Å². The number of hydrazone groups is 1. The van der Waals surface area contributed by atoms with Gasteiger partial charge in [0.25, 0.3) is 0 Å². The van der Waals surface area contributed by atoms with Crippen LogP contribution in [-0.2, 0) is 11.3 Å². The second-order valence-electron chi connectivity index (χ2n) is 4.66. The fraction of sp³-hybridized carbons (Fsp3) is 0.286. The number of thiazole rings is 1. The first-order valence-electron chi connectivity index (χ1n) is 6.44. The Morgan fingerprint density at radius 1 is 1.52 bits per heavy atom. The molecule has 21 heavy (non-hydrogen) atoms. The van der Waals surface area contributed by atoms with Crippen molar-refractivity contribution in [2.75, 3.05) is 11.2 Å². The molecule has 2 rings (SSSR count). The maximum Gasteiger partial charge on any atom is 0.205 e. The molecule has 0 bridgehead atoms. The number of aromatic nitrogens is 1. The monoisotopic (exact) mass is 308 g/mol. The van der Waals surface area contributed by atoms with Gasteiger partial charge in [-0.15, -0.1) is 11.3 Å². The number of nitrogen functional groups attached to an aromatic ring is 1. The largest absolute Gasteiger partial charge is 0.383 e. The number of nitrogens with zero attached hydrogens (tertiary/aromatic N) is 2. The van der Waals surface area contributed by atoms with E-state index in [-0.39, 0.29) is 18.5 Å². The van der Waals surface area contributed by atoms with Crippen LogP contribution in [0.15, 0.2) is 28.7 Å². The van der Waals surface area contributed by atoms with Crippen LogP contribution in [0.4, 0.5) is 15.3 Å². The molecule has 0 aliphatic carbocycles. The van der Waals surface area contributed by atoms with Crippen LogP contribution in [0.5, 0.6) is 0 Å². The van der Waals surface area contributed by atoms with Crippen LogP contribution in [0, 0.1) is 5.82 Å². The molecule has 0 aliphatic rings. The van der Waals surface area contributed by atoms with Crippen molar-refractivity contribution in [3.8, 4) is 0 Å². The summed E-state index contributed by atoms with van der Waals surface area (Å²) in [5.74, 6) is 0.136. The molecule has 0 unspecified atom stereocenters. The Morgan fingerprint density at radius 3 is 2.95 bits per heavy atom. The highest BCUT2D eigenvalue weighted by Gasteiger charge is 2.04. The van der Waals surface area contributed by atoms with Gasteiger partial charge in [-0.05, 0) is 25.5 Å². The zero-order valence-corrected chi connectivity index (χ0v) is 12.7. The molecular weight excluding hydrogens is 291 g/mol. The van der Waals surface area contributed by atoms with Crippen molar-refractivity contribution in [1.82, 2.24) is 4.98 Å². The van der Waals surface area contributed by atoms with Gasteiger partial charge in [0, 0.05) is 10.9 Å². The van der Waals surface area contributed by atoms with Crippen LogP contribution in [0.3, 0.4) is 0 Å². The van der Waals surface area contributed by atoms with E-state index in [1.54, 1.807) is 17.5 Å². The van der Waals surface area contributed by atoms with Gasteiger partial charge >= 0.3 is 0 Å². The molecule has 7 heteroatoms. The SMILES string of the molecule is CC(C)OCc1ccc(C=NNc2nc(N)cs2)cc1F. The summed E-state index contributed by atoms with van der Waals surface area (Å²) in [7, 11) is 0. The summed E-state index contributed by atoms with van der Waals surface area (Å²) >= 11 is 1.35. The summed E-state index contributed by atoms with van der Waals surface area (Å²) in [4.78, 5) is 4.00. The van der Waals surface area contributed by atoms with Gasteiger partial charge in [0.1, 0.15) is 11.6 Å². The van der Waals surface area contributed by atoms with E-state index < -0.39 is 0 Å². The number of anilines is 2. The van der Waals surface area contributed by atoms with Gasteiger partial charge < -0.3 is 10.5 Å². The van der Waals surface area contributed by atoms with Crippen molar-refractivity contribution in [3.05, 3.63) is 40.5 Å². The first kappa shape index (κ1) is 15.4. The Balaban J connectivity index is 1.96. The second kappa shape index (κ2) is 7.14. The fourth-order valence-electron chi connectivity index (χ4n) is 1.52. The number of nitrogens with two attached hydrogens (primary N) is 1. The summed E-state index contributed by atoms with van der Waals surface area (Å²) in [5.41, 5.74) is 9.41. The molecule has 1 aromatic heterocycles. The molecule has 1 aromatic carbocycles. The van der Waals surface area contributed by atoms with E-state index in [1.165, 1.54) is 23.6 Å². The molecule has 0 fully saturated rings. The number of nitrogens with one attached hydrogen (secondary N) is 1. The molecule has 112 valence electrons. The van der Waals surface area contributed by atoms with Crippen LogP contribution in [0.2, 0.25) is 0 Å². The lowest BCUT2D eigenvalue weighted by Gasteiger charge is -2.08. The first-order chi connectivity index (χ1) is 10.0. The number of rotatable bonds is 6. The van der Waals surface area contributed by atoms with Crippen molar-refractivity contribution in [2.45, 2.75) is 26.6 Å². The molecule has 0 spiro atoms. The van der Waals surface area contributed by atoms with Gasteiger partial charge in [-0.25, -0.2) is 9.37 Å². The Kier molecular flexibility index (Phi) is 5.24. The maximum absolute atomic E-state index is 13.9. The van der Waals surface area contributed by atoms with Crippen molar-refractivity contribution >= 4 is 28.5 Å². The Morgan fingerprint density at radius 2 is 2.33 bits per heavy atom. The van der Waals surface area contributed by atoms with E-state index in [0.29, 0.717) is 22.1 Å². The molecule has 0 radical (unpaired) electrons. The lowest BCUT2D eigenvalue weighted by atomic mass is 10.1. The van der Waals surface area contributed by atoms with E-state index >= 15 is 0 Å². The Hall–Kier alpha value is -1.99. The summed E-state index contributed by atoms with van der Waals surface area (Å²) in [6.45, 7) is 4.09. The fourth-order valence-corrected chi connectivity index (χ4v) is 2.07. The zero-order chi connectivity index (χ0) is 15.2. The standard InChI is InChI=1S/C14H17FN4OS/c1-9(2)20-7-11-4-3-10(5-12(11)15)6-17-19-14-18-13(16)8-21-14/h3-6,8-9H,7,16H2,1-2H3,(H,18,19). The predicted octanol–water partition coefficient (Wildman–Crippen LogP) is 3.24. The minimum atomic E-state index is -0.307. The van der Waals surface area contributed by atoms with Crippen LogP contribution in [0.1, 0.15) is 25.0 Å². The van der Waals surface area contributed by atoms with Crippen molar-refractivity contribution < 1.29 is 9.13 Å². The number of hydrogen-bond donors (Lipinski definition) is 2. The van der Waals surface area contributed by atoms with Gasteiger partial charge in [0.15, 0.2) is 0 Å². The Bertz CT molecular complexity index is 627. The normalized spacial score (nSPS) is 11.4. The minimum absolute atomic E-state index is 0.0700. The van der Waals surface area contributed by atoms with Crippen LogP contribution in [-0.4, -0.2) is 17.3 Å². The van der Waals surface area contributed by atoms with E-state index in [0.717, 1.165) is 0 Å². The molecule has 5 nitrogen and oxygen atoms in total.